The summed E-state index contributed by atoms with van der Waals surface area (Å²) in [6.07, 6.45) is 1.41. The largest absolute Gasteiger partial charge is 0.465 e. The van der Waals surface area contributed by atoms with E-state index in [2.05, 4.69) is 10.1 Å². The highest BCUT2D eigenvalue weighted by Gasteiger charge is 2.27. The second-order valence-corrected chi connectivity index (χ2v) is 4.94. The Labute approximate surface area is 128 Å². The lowest BCUT2D eigenvalue weighted by Gasteiger charge is -2.09. The van der Waals surface area contributed by atoms with Gasteiger partial charge in [-0.15, -0.1) is 0 Å². The Balaban J connectivity index is 2.28. The maximum Gasteiger partial charge on any atom is 0.318 e. The lowest BCUT2D eigenvalue weighted by molar-refractivity contribution is -0.145. The number of benzene rings is 1. The number of aromatic nitrogens is 2. The van der Waals surface area contributed by atoms with Crippen molar-refractivity contribution >= 4 is 17.6 Å². The predicted molar refractivity (Wildman–Crippen MR) is 79.0 cm³/mol. The number of carbonyl (C=O) groups is 1. The third-order valence-corrected chi connectivity index (χ3v) is 3.33. The van der Waals surface area contributed by atoms with Crippen LogP contribution < -0.4 is 0 Å². The number of halogens is 1. The molecule has 1 heterocycles. The minimum Gasteiger partial charge on any atom is -0.465 e. The Morgan fingerprint density at radius 1 is 1.38 bits per heavy atom. The van der Waals surface area contributed by atoms with Crippen LogP contribution in [0.25, 0.3) is 11.4 Å². The van der Waals surface area contributed by atoms with Gasteiger partial charge in [0.05, 0.1) is 11.6 Å². The molecule has 0 N–H and O–H groups in total. The van der Waals surface area contributed by atoms with Gasteiger partial charge in [0.1, 0.15) is 5.92 Å². The van der Waals surface area contributed by atoms with Crippen LogP contribution in [0.2, 0.25) is 5.02 Å². The number of carbonyl (C=O) groups excluding carboxylic acids is 1. The average Bonchev–Trinajstić information content (AvgIpc) is 2.94. The molecule has 0 aliphatic carbocycles. The van der Waals surface area contributed by atoms with Crippen molar-refractivity contribution in [1.29, 1.82) is 0 Å². The number of hydrogen-bond acceptors (Lipinski definition) is 5. The maximum atomic E-state index is 12.0. The Bertz CT molecular complexity index is 612. The van der Waals surface area contributed by atoms with Crippen molar-refractivity contribution < 1.29 is 14.1 Å². The Morgan fingerprint density at radius 3 is 2.81 bits per heavy atom. The van der Waals surface area contributed by atoms with Gasteiger partial charge in [-0.05, 0) is 25.5 Å². The molecule has 0 saturated carbocycles. The first-order valence-corrected chi connectivity index (χ1v) is 7.30. The molecule has 2 aromatic rings. The second kappa shape index (κ2) is 7.22. The number of hydrogen-bond donors (Lipinski definition) is 0. The van der Waals surface area contributed by atoms with E-state index in [0.29, 0.717) is 29.4 Å². The molecule has 1 atom stereocenters. The summed E-state index contributed by atoms with van der Waals surface area (Å²) >= 11 is 6.11. The van der Waals surface area contributed by atoms with Crippen molar-refractivity contribution in [3.05, 3.63) is 35.2 Å². The number of ether oxygens (including phenoxy) is 1. The van der Waals surface area contributed by atoms with E-state index in [-0.39, 0.29) is 11.9 Å². The Hall–Kier alpha value is -1.88. The fraction of sp³-hybridized carbons (Fsp3) is 0.400. The van der Waals surface area contributed by atoms with Gasteiger partial charge in [0.2, 0.25) is 11.7 Å². The van der Waals surface area contributed by atoms with E-state index in [1.54, 1.807) is 19.1 Å². The minimum absolute atomic E-state index is 0.269. The van der Waals surface area contributed by atoms with Crippen molar-refractivity contribution in [2.75, 3.05) is 6.61 Å². The van der Waals surface area contributed by atoms with Crippen LogP contribution in [0.1, 0.15) is 38.5 Å². The van der Waals surface area contributed by atoms with E-state index >= 15 is 0 Å². The van der Waals surface area contributed by atoms with Crippen LogP contribution in [0, 0.1) is 0 Å². The maximum absolute atomic E-state index is 12.0. The first kappa shape index (κ1) is 15.5. The molecule has 112 valence electrons. The Morgan fingerprint density at radius 2 is 2.14 bits per heavy atom. The van der Waals surface area contributed by atoms with E-state index in [4.69, 9.17) is 20.9 Å². The molecule has 5 nitrogen and oxygen atoms in total. The normalized spacial score (nSPS) is 12.1. The molecule has 0 amide bonds. The molecule has 21 heavy (non-hydrogen) atoms. The number of rotatable bonds is 6. The molecule has 1 aromatic heterocycles. The van der Waals surface area contributed by atoms with E-state index in [0.717, 1.165) is 6.42 Å². The lowest BCUT2D eigenvalue weighted by atomic mass is 10.0. The van der Waals surface area contributed by atoms with Gasteiger partial charge in [0.25, 0.3) is 0 Å². The zero-order chi connectivity index (χ0) is 15.2. The molecule has 0 spiro atoms. The van der Waals surface area contributed by atoms with E-state index in [1.807, 2.05) is 19.1 Å². The van der Waals surface area contributed by atoms with Gasteiger partial charge in [0.15, 0.2) is 0 Å². The molecule has 1 aromatic carbocycles. The molecule has 0 aliphatic heterocycles. The molecule has 0 saturated heterocycles. The summed E-state index contributed by atoms with van der Waals surface area (Å²) in [4.78, 5) is 16.3. The van der Waals surface area contributed by atoms with Gasteiger partial charge >= 0.3 is 5.97 Å². The van der Waals surface area contributed by atoms with Gasteiger partial charge in [-0.1, -0.05) is 42.2 Å². The van der Waals surface area contributed by atoms with Crippen LogP contribution >= 0.6 is 11.6 Å². The SMILES string of the molecule is CCCC(C(=O)OCC)c1nc(-c2ccccc2Cl)no1. The van der Waals surface area contributed by atoms with Gasteiger partial charge in [-0.25, -0.2) is 0 Å². The lowest BCUT2D eigenvalue weighted by Crippen LogP contribution is -2.16. The van der Waals surface area contributed by atoms with Crippen LogP contribution in [-0.4, -0.2) is 22.7 Å². The van der Waals surface area contributed by atoms with Crippen LogP contribution in [0.5, 0.6) is 0 Å². The molecule has 0 bridgehead atoms. The van der Waals surface area contributed by atoms with Gasteiger partial charge in [-0.2, -0.15) is 4.98 Å². The summed E-state index contributed by atoms with van der Waals surface area (Å²) in [5, 5.41) is 4.45. The summed E-state index contributed by atoms with van der Waals surface area (Å²) < 4.78 is 10.3. The van der Waals surface area contributed by atoms with Crippen molar-refractivity contribution in [1.82, 2.24) is 10.1 Å². The number of esters is 1. The fourth-order valence-electron chi connectivity index (χ4n) is 2.00. The molecule has 1 unspecified atom stereocenters. The number of nitrogens with zero attached hydrogens (tertiary/aromatic N) is 2. The summed E-state index contributed by atoms with van der Waals surface area (Å²) in [7, 11) is 0. The summed E-state index contributed by atoms with van der Waals surface area (Å²) in [6.45, 7) is 4.08. The molecule has 2 rings (SSSR count). The summed E-state index contributed by atoms with van der Waals surface area (Å²) in [5.41, 5.74) is 0.674. The van der Waals surface area contributed by atoms with Gasteiger partial charge in [0, 0.05) is 5.56 Å². The molecule has 0 radical (unpaired) electrons. The first-order valence-electron chi connectivity index (χ1n) is 6.92. The molecular weight excluding hydrogens is 292 g/mol. The quantitative estimate of drug-likeness (QED) is 0.759. The standard InChI is InChI=1S/C15H17ClN2O3/c1-3-7-11(15(19)20-4-2)14-17-13(18-21-14)10-8-5-6-9-12(10)16/h5-6,8-9,11H,3-4,7H2,1-2H3. The Kier molecular flexibility index (Phi) is 5.33. The third kappa shape index (κ3) is 3.61. The van der Waals surface area contributed by atoms with Crippen LogP contribution in [0.4, 0.5) is 0 Å². The highest BCUT2D eigenvalue weighted by atomic mass is 35.5. The average molecular weight is 309 g/mol. The van der Waals surface area contributed by atoms with Crippen molar-refractivity contribution in [2.24, 2.45) is 0 Å². The van der Waals surface area contributed by atoms with Crippen LogP contribution in [0.3, 0.4) is 0 Å². The van der Waals surface area contributed by atoms with Gasteiger partial charge < -0.3 is 9.26 Å². The zero-order valence-corrected chi connectivity index (χ0v) is 12.8. The second-order valence-electron chi connectivity index (χ2n) is 4.53. The predicted octanol–water partition coefficient (Wildman–Crippen LogP) is 3.84. The van der Waals surface area contributed by atoms with Crippen LogP contribution in [-0.2, 0) is 9.53 Å². The molecule has 0 aliphatic rings. The highest BCUT2D eigenvalue weighted by Crippen LogP contribution is 2.28. The highest BCUT2D eigenvalue weighted by molar-refractivity contribution is 6.33. The van der Waals surface area contributed by atoms with Crippen molar-refractivity contribution in [2.45, 2.75) is 32.6 Å². The minimum atomic E-state index is -0.529. The van der Waals surface area contributed by atoms with E-state index in [9.17, 15) is 4.79 Å². The van der Waals surface area contributed by atoms with E-state index < -0.39 is 5.92 Å². The topological polar surface area (TPSA) is 65.2 Å². The molecule has 0 fully saturated rings. The van der Waals surface area contributed by atoms with E-state index in [1.165, 1.54) is 0 Å². The van der Waals surface area contributed by atoms with Crippen LogP contribution in [0.15, 0.2) is 28.8 Å². The summed E-state index contributed by atoms with van der Waals surface area (Å²) in [5.74, 6) is -0.224. The fourth-order valence-corrected chi connectivity index (χ4v) is 2.22. The van der Waals surface area contributed by atoms with Gasteiger partial charge in [-0.3, -0.25) is 4.79 Å². The monoisotopic (exact) mass is 308 g/mol. The van der Waals surface area contributed by atoms with Crippen molar-refractivity contribution in [3.63, 3.8) is 0 Å². The molecule has 6 heteroatoms. The van der Waals surface area contributed by atoms with Crippen molar-refractivity contribution in [3.8, 4) is 11.4 Å². The first-order chi connectivity index (χ1) is 10.2. The summed E-state index contributed by atoms with van der Waals surface area (Å²) in [6, 6.07) is 7.22. The molecular formula is C15H17ClN2O3. The zero-order valence-electron chi connectivity index (χ0n) is 12.0. The third-order valence-electron chi connectivity index (χ3n) is 3.00. The smallest absolute Gasteiger partial charge is 0.318 e.